The molecule has 0 aliphatic heterocycles. The van der Waals surface area contributed by atoms with Crippen molar-refractivity contribution < 1.29 is 23.1 Å². The molecule has 0 spiro atoms. The van der Waals surface area contributed by atoms with Gasteiger partial charge in [0, 0.05) is 5.54 Å². The zero-order valence-corrected chi connectivity index (χ0v) is 14.9. The van der Waals surface area contributed by atoms with E-state index in [1.807, 2.05) is 6.92 Å². The number of hydrogen-bond acceptors (Lipinski definition) is 4. The first-order valence-electron chi connectivity index (χ1n) is 9.09. The molecule has 2 aliphatic carbocycles. The van der Waals surface area contributed by atoms with Crippen LogP contribution in [0.1, 0.15) is 57.6 Å². The molecule has 0 saturated heterocycles. The van der Waals surface area contributed by atoms with E-state index in [2.05, 4.69) is 15.3 Å². The molecule has 0 aromatic carbocycles. The molecule has 2 aromatic rings. The summed E-state index contributed by atoms with van der Waals surface area (Å²) in [5.74, 6) is -0.209. The number of hydrogen-bond donors (Lipinski definition) is 2. The highest BCUT2D eigenvalue weighted by Crippen LogP contribution is 2.43. The summed E-state index contributed by atoms with van der Waals surface area (Å²) in [6, 6.07) is 2.17. The minimum absolute atomic E-state index is 0.0475. The van der Waals surface area contributed by atoms with E-state index in [1.165, 1.54) is 6.07 Å². The highest BCUT2D eigenvalue weighted by molar-refractivity contribution is 5.92. The van der Waals surface area contributed by atoms with Crippen LogP contribution in [0.25, 0.3) is 11.2 Å². The summed E-state index contributed by atoms with van der Waals surface area (Å²) in [6.45, 7) is 1.93. The third-order valence-corrected chi connectivity index (χ3v) is 5.79. The zero-order chi connectivity index (χ0) is 19.4. The van der Waals surface area contributed by atoms with Crippen LogP contribution in [0.15, 0.2) is 12.1 Å². The summed E-state index contributed by atoms with van der Waals surface area (Å²) in [6.07, 6.45) is -0.0931. The third-order valence-electron chi connectivity index (χ3n) is 5.79. The van der Waals surface area contributed by atoms with Gasteiger partial charge in [-0.3, -0.25) is 14.7 Å². The second-order valence-corrected chi connectivity index (χ2v) is 7.96. The smallest absolute Gasteiger partial charge is 0.389 e. The fourth-order valence-corrected chi connectivity index (χ4v) is 3.85. The Morgan fingerprint density at radius 2 is 1.89 bits per heavy atom. The standard InChI is InChI=1S/C18H21F3N4O2/c1-16(6-2-7-16)25-14-11(4-5-12(23-14)18(19,20)21)22-15(25)24-13(26)10-17(27)8-3-9-17/h4-5,27H,2-3,6-10H2,1H3,(H,22,24,26). The molecule has 2 fully saturated rings. The van der Waals surface area contributed by atoms with Gasteiger partial charge in [-0.25, -0.2) is 9.97 Å². The molecule has 146 valence electrons. The maximum absolute atomic E-state index is 13.1. The van der Waals surface area contributed by atoms with Crippen molar-refractivity contribution in [1.82, 2.24) is 14.5 Å². The SMILES string of the molecule is CC1(n2c(NC(=O)CC3(O)CCC3)nc3ccc(C(F)(F)F)nc32)CCC1. The van der Waals surface area contributed by atoms with Crippen molar-refractivity contribution in [1.29, 1.82) is 0 Å². The number of amides is 1. The highest BCUT2D eigenvalue weighted by atomic mass is 19.4. The zero-order valence-electron chi connectivity index (χ0n) is 14.9. The number of carbonyl (C=O) groups is 1. The molecule has 9 heteroatoms. The summed E-state index contributed by atoms with van der Waals surface area (Å²) < 4.78 is 40.9. The number of carbonyl (C=O) groups excluding carboxylic acids is 1. The highest BCUT2D eigenvalue weighted by Gasteiger charge is 2.40. The third kappa shape index (κ3) is 3.18. The summed E-state index contributed by atoms with van der Waals surface area (Å²) in [7, 11) is 0. The fraction of sp³-hybridized carbons (Fsp3) is 0.611. The second-order valence-electron chi connectivity index (χ2n) is 7.96. The van der Waals surface area contributed by atoms with Crippen molar-refractivity contribution in [3.63, 3.8) is 0 Å². The Morgan fingerprint density at radius 3 is 2.41 bits per heavy atom. The van der Waals surface area contributed by atoms with Crippen LogP contribution in [-0.4, -0.2) is 31.1 Å². The van der Waals surface area contributed by atoms with Crippen LogP contribution in [0, 0.1) is 0 Å². The first kappa shape index (κ1) is 18.2. The Bertz CT molecular complexity index is 898. The van der Waals surface area contributed by atoms with Gasteiger partial charge in [-0.2, -0.15) is 13.2 Å². The topological polar surface area (TPSA) is 80.0 Å². The Labute approximate surface area is 153 Å². The van der Waals surface area contributed by atoms with Crippen LogP contribution in [-0.2, 0) is 16.5 Å². The number of fused-ring (bicyclic) bond motifs is 1. The molecule has 0 unspecified atom stereocenters. The molecule has 2 heterocycles. The van der Waals surface area contributed by atoms with Gasteiger partial charge < -0.3 is 5.11 Å². The summed E-state index contributed by atoms with van der Waals surface area (Å²) in [5, 5.41) is 12.9. The number of anilines is 1. The largest absolute Gasteiger partial charge is 0.433 e. The minimum Gasteiger partial charge on any atom is -0.389 e. The van der Waals surface area contributed by atoms with Crippen molar-refractivity contribution in [2.75, 3.05) is 5.32 Å². The van der Waals surface area contributed by atoms with E-state index in [0.717, 1.165) is 31.7 Å². The molecule has 6 nitrogen and oxygen atoms in total. The molecule has 27 heavy (non-hydrogen) atoms. The lowest BCUT2D eigenvalue weighted by atomic mass is 9.77. The maximum Gasteiger partial charge on any atom is 0.433 e. The average molecular weight is 382 g/mol. The molecule has 2 aliphatic rings. The molecular weight excluding hydrogens is 361 g/mol. The van der Waals surface area contributed by atoms with Crippen molar-refractivity contribution >= 4 is 23.0 Å². The Morgan fingerprint density at radius 1 is 1.22 bits per heavy atom. The monoisotopic (exact) mass is 382 g/mol. The maximum atomic E-state index is 13.1. The van der Waals surface area contributed by atoms with Gasteiger partial charge in [0.2, 0.25) is 11.9 Å². The Balaban J connectivity index is 1.73. The van der Waals surface area contributed by atoms with Crippen molar-refractivity contribution in [3.8, 4) is 0 Å². The molecule has 1 amide bonds. The number of alkyl halides is 3. The van der Waals surface area contributed by atoms with E-state index in [0.29, 0.717) is 18.4 Å². The van der Waals surface area contributed by atoms with Crippen LogP contribution < -0.4 is 5.32 Å². The number of pyridine rings is 1. The normalized spacial score (nSPS) is 20.8. The number of aromatic nitrogens is 3. The molecule has 0 radical (unpaired) electrons. The molecular formula is C18H21F3N4O2. The minimum atomic E-state index is -4.55. The Hall–Kier alpha value is -2.16. The van der Waals surface area contributed by atoms with Crippen molar-refractivity contribution in [3.05, 3.63) is 17.8 Å². The van der Waals surface area contributed by atoms with E-state index in [-0.39, 0.29) is 18.0 Å². The number of halogens is 3. The van der Waals surface area contributed by atoms with Crippen LogP contribution in [0.2, 0.25) is 0 Å². The van der Waals surface area contributed by atoms with Gasteiger partial charge in [-0.05, 0) is 57.6 Å². The van der Waals surface area contributed by atoms with Crippen LogP contribution >= 0.6 is 0 Å². The lowest BCUT2D eigenvalue weighted by Gasteiger charge is -2.41. The van der Waals surface area contributed by atoms with E-state index in [4.69, 9.17) is 0 Å². The summed E-state index contributed by atoms with van der Waals surface area (Å²) in [4.78, 5) is 20.5. The Kier molecular flexibility index (Phi) is 3.99. The summed E-state index contributed by atoms with van der Waals surface area (Å²) >= 11 is 0. The van der Waals surface area contributed by atoms with E-state index >= 15 is 0 Å². The molecule has 4 rings (SSSR count). The lowest BCUT2D eigenvalue weighted by molar-refractivity contribution is -0.141. The van der Waals surface area contributed by atoms with Gasteiger partial charge in [0.1, 0.15) is 11.2 Å². The number of nitrogens with one attached hydrogen (secondary N) is 1. The fourth-order valence-electron chi connectivity index (χ4n) is 3.85. The van der Waals surface area contributed by atoms with Gasteiger partial charge in [-0.1, -0.05) is 0 Å². The summed E-state index contributed by atoms with van der Waals surface area (Å²) in [5.41, 5.74) is -2.00. The molecule has 0 atom stereocenters. The quantitative estimate of drug-likeness (QED) is 0.847. The van der Waals surface area contributed by atoms with Gasteiger partial charge in [0.25, 0.3) is 0 Å². The number of nitrogens with zero attached hydrogens (tertiary/aromatic N) is 3. The molecule has 2 saturated carbocycles. The van der Waals surface area contributed by atoms with Gasteiger partial charge in [0.15, 0.2) is 5.65 Å². The van der Waals surface area contributed by atoms with E-state index < -0.39 is 28.9 Å². The number of aliphatic hydroxyl groups is 1. The van der Waals surface area contributed by atoms with Crippen LogP contribution in [0.5, 0.6) is 0 Å². The number of imidazole rings is 1. The van der Waals surface area contributed by atoms with Crippen LogP contribution in [0.4, 0.5) is 19.1 Å². The molecule has 2 aromatic heterocycles. The predicted octanol–water partition coefficient (Wildman–Crippen LogP) is 3.59. The van der Waals surface area contributed by atoms with Gasteiger partial charge in [0.05, 0.1) is 12.0 Å². The first-order chi connectivity index (χ1) is 12.6. The number of rotatable bonds is 4. The van der Waals surface area contributed by atoms with Crippen molar-refractivity contribution in [2.24, 2.45) is 0 Å². The van der Waals surface area contributed by atoms with Crippen molar-refractivity contribution in [2.45, 2.75) is 69.2 Å². The van der Waals surface area contributed by atoms with E-state index in [1.54, 1.807) is 4.57 Å². The van der Waals surface area contributed by atoms with Gasteiger partial charge in [-0.15, -0.1) is 0 Å². The first-order valence-corrected chi connectivity index (χ1v) is 9.09. The van der Waals surface area contributed by atoms with Crippen LogP contribution in [0.3, 0.4) is 0 Å². The average Bonchev–Trinajstić information content (AvgIpc) is 2.87. The molecule has 2 N–H and O–H groups in total. The lowest BCUT2D eigenvalue weighted by Crippen LogP contribution is -2.42. The second kappa shape index (κ2) is 5.92. The van der Waals surface area contributed by atoms with Gasteiger partial charge >= 0.3 is 6.18 Å². The molecule has 0 bridgehead atoms. The van der Waals surface area contributed by atoms with E-state index in [9.17, 15) is 23.1 Å². The predicted molar refractivity (Wildman–Crippen MR) is 92.1 cm³/mol.